The molecule has 0 spiro atoms. The van der Waals surface area contributed by atoms with Gasteiger partial charge in [0.25, 0.3) is 0 Å². The van der Waals surface area contributed by atoms with Crippen LogP contribution in [-0.4, -0.2) is 28.5 Å². The van der Waals surface area contributed by atoms with Crippen LogP contribution < -0.4 is 72.4 Å². The first-order chi connectivity index (χ1) is 21.6. The maximum atomic E-state index is 10.1. The summed E-state index contributed by atoms with van der Waals surface area (Å²) in [6, 6.07) is 35.5. The largest absolute Gasteiger partial charge is 1.00 e. The molecule has 5 rings (SSSR count). The van der Waals surface area contributed by atoms with Crippen molar-refractivity contribution in [3.63, 3.8) is 0 Å². The Hall–Kier alpha value is -0.964. The van der Waals surface area contributed by atoms with Gasteiger partial charge in [-0.25, -0.2) is 9.97 Å². The Labute approximate surface area is 363 Å². The van der Waals surface area contributed by atoms with Gasteiger partial charge in [0, 0.05) is 18.0 Å². The summed E-state index contributed by atoms with van der Waals surface area (Å²) < 4.78 is 0. The molecular formula is C38H43BrCl4KN2O2P. The van der Waals surface area contributed by atoms with E-state index in [0.29, 0.717) is 27.0 Å². The Kier molecular flexibility index (Phi) is 24.1. The van der Waals surface area contributed by atoms with Crippen LogP contribution in [0.3, 0.4) is 0 Å². The van der Waals surface area contributed by atoms with E-state index in [2.05, 4.69) is 130 Å². The molecule has 0 saturated carbocycles. The van der Waals surface area contributed by atoms with Crippen molar-refractivity contribution in [2.45, 2.75) is 41.2 Å². The van der Waals surface area contributed by atoms with Gasteiger partial charge in [-0.1, -0.05) is 94.7 Å². The molecule has 2 heterocycles. The van der Waals surface area contributed by atoms with E-state index in [-0.39, 0.29) is 71.4 Å². The van der Waals surface area contributed by atoms with Crippen molar-refractivity contribution in [2.75, 3.05) is 6.66 Å². The molecule has 11 heteroatoms. The first-order valence-electron chi connectivity index (χ1n) is 13.9. The molecule has 0 bridgehead atoms. The van der Waals surface area contributed by atoms with Crippen LogP contribution >= 0.6 is 67.2 Å². The third kappa shape index (κ3) is 16.1. The molecule has 3 aromatic carbocycles. The topological polar surface area (TPSA) is 65.9 Å². The average Bonchev–Trinajstić information content (AvgIpc) is 3.05. The Morgan fingerprint density at radius 2 is 0.980 bits per heavy atom. The van der Waals surface area contributed by atoms with E-state index in [0.717, 1.165) is 5.56 Å². The molecule has 0 radical (unpaired) electrons. The van der Waals surface area contributed by atoms with Crippen molar-refractivity contribution in [1.29, 1.82) is 0 Å². The van der Waals surface area contributed by atoms with Gasteiger partial charge < -0.3 is 5.11 Å². The Morgan fingerprint density at radius 1 is 0.694 bits per heavy atom. The number of pyridine rings is 2. The van der Waals surface area contributed by atoms with E-state index >= 15 is 0 Å². The minimum absolute atomic E-state index is 0. The number of hydrogen-bond donors (Lipinski definition) is 0. The van der Waals surface area contributed by atoms with E-state index in [1.807, 2.05) is 0 Å². The van der Waals surface area contributed by atoms with Gasteiger partial charge in [0.05, 0.1) is 10.0 Å². The smallest absolute Gasteiger partial charge is 0.298 e. The SMILES string of the molecule is C.C.C=Cc1cnc(Cl)c(Cl)c1.CC(C)(C)[O-].CP(Br)(c1ccccc1)(c1ccccc1)c1ccccc1.O=Cc1cnc(Cl)c(Cl)c1.[K+]. The van der Waals surface area contributed by atoms with Crippen LogP contribution in [-0.2, 0) is 0 Å². The second-order valence-corrected chi connectivity index (χ2v) is 22.2. The normalized spacial score (nSPS) is 10.8. The molecule has 0 aliphatic carbocycles. The molecule has 0 unspecified atom stereocenters. The van der Waals surface area contributed by atoms with Gasteiger partial charge in [-0.15, -0.1) is 5.60 Å². The minimum Gasteiger partial charge on any atom is -0.298 e. The molecule has 5 aromatic rings. The standard InChI is InChI=1S/C19H18BrP.C7H5Cl2N.C6H3Cl2NO.C4H9O.2CH4.K/c1-21(20,17-11-5-2-6-12-17,18-13-7-3-8-14-18)19-15-9-4-10-16-19;1-2-5-3-6(8)7(9)10-4-5;7-5-1-4(3-10)2-9-6(5)8;1-4(2,3)5;;;/h2-16H,1H3;2-4H,1H2;1-3H;1-3H3;2*1H4;/q;;;-1;;;+1. The molecule has 0 N–H and O–H groups in total. The number of carbonyl (C=O) groups excluding carboxylic acids is 1. The molecule has 0 amide bonds. The maximum absolute atomic E-state index is 10.1. The van der Waals surface area contributed by atoms with Gasteiger partial charge in [0.15, 0.2) is 6.29 Å². The quantitative estimate of drug-likeness (QED) is 0.0777. The molecule has 0 aliphatic heterocycles. The fourth-order valence-electron chi connectivity index (χ4n) is 3.84. The minimum atomic E-state index is -2.56. The fourth-order valence-corrected chi connectivity index (χ4v) is 10.1. The van der Waals surface area contributed by atoms with Crippen LogP contribution in [0.15, 0.2) is 122 Å². The van der Waals surface area contributed by atoms with Crippen LogP contribution in [0.1, 0.15) is 51.5 Å². The summed E-state index contributed by atoms with van der Waals surface area (Å²) in [6.07, 6.45) is 5.30. The second-order valence-electron chi connectivity index (χ2n) is 11.0. The predicted octanol–water partition coefficient (Wildman–Crippen LogP) is 8.11. The number of aldehydes is 1. The summed E-state index contributed by atoms with van der Waals surface area (Å²) in [6.45, 7) is 10.8. The van der Waals surface area contributed by atoms with E-state index in [4.69, 9.17) is 46.4 Å². The summed E-state index contributed by atoms with van der Waals surface area (Å²) in [4.78, 5) is 17.6. The fraction of sp³-hybridized carbons (Fsp3) is 0.184. The zero-order valence-electron chi connectivity index (χ0n) is 26.9. The number of rotatable bonds is 5. The number of aromatic nitrogens is 2. The van der Waals surface area contributed by atoms with Crippen LogP contribution in [0.2, 0.25) is 20.4 Å². The van der Waals surface area contributed by atoms with Crippen LogP contribution in [0.5, 0.6) is 0 Å². The van der Waals surface area contributed by atoms with Gasteiger partial charge in [-0.2, -0.15) is 0 Å². The molecule has 4 nitrogen and oxygen atoms in total. The van der Waals surface area contributed by atoms with E-state index in [1.54, 1.807) is 39.1 Å². The van der Waals surface area contributed by atoms with E-state index in [1.165, 1.54) is 28.2 Å². The molecule has 258 valence electrons. The second kappa shape index (κ2) is 23.6. The van der Waals surface area contributed by atoms with Gasteiger partial charge in [0.1, 0.15) is 10.3 Å². The predicted molar refractivity (Wildman–Crippen MR) is 217 cm³/mol. The molecule has 0 atom stereocenters. The summed E-state index contributed by atoms with van der Waals surface area (Å²) in [5.74, 6) is 0. The average molecular weight is 852 g/mol. The van der Waals surface area contributed by atoms with Crippen LogP contribution in [0, 0.1) is 0 Å². The van der Waals surface area contributed by atoms with E-state index in [9.17, 15) is 9.90 Å². The van der Waals surface area contributed by atoms with Crippen molar-refractivity contribution in [1.82, 2.24) is 9.97 Å². The van der Waals surface area contributed by atoms with Crippen molar-refractivity contribution in [2.24, 2.45) is 0 Å². The van der Waals surface area contributed by atoms with Gasteiger partial charge in [-0.3, -0.25) is 4.79 Å². The monoisotopic (exact) mass is 848 g/mol. The summed E-state index contributed by atoms with van der Waals surface area (Å²) in [5.41, 5.74) is 0.545. The molecule has 0 saturated heterocycles. The van der Waals surface area contributed by atoms with E-state index < -0.39 is 10.9 Å². The van der Waals surface area contributed by atoms with Gasteiger partial charge in [0.2, 0.25) is 0 Å². The first kappa shape index (κ1) is 50.1. The van der Waals surface area contributed by atoms with Crippen molar-refractivity contribution < 1.29 is 61.3 Å². The zero-order valence-corrected chi connectivity index (χ0v) is 35.5. The van der Waals surface area contributed by atoms with Crippen molar-refractivity contribution in [3.05, 3.63) is 154 Å². The number of nitrogens with zero attached hydrogens (tertiary/aromatic N) is 2. The Balaban J connectivity index is 0. The van der Waals surface area contributed by atoms with Crippen LogP contribution in [0.25, 0.3) is 6.08 Å². The Morgan fingerprint density at radius 3 is 1.24 bits per heavy atom. The third-order valence-electron chi connectivity index (χ3n) is 6.12. The number of hydrogen-bond acceptors (Lipinski definition) is 4. The van der Waals surface area contributed by atoms with Crippen molar-refractivity contribution >= 4 is 95.5 Å². The summed E-state index contributed by atoms with van der Waals surface area (Å²) in [7, 11) is 0. The van der Waals surface area contributed by atoms with Gasteiger partial charge >= 0.3 is 186 Å². The summed E-state index contributed by atoms with van der Waals surface area (Å²) in [5, 5.41) is 12.9. The zero-order chi connectivity index (χ0) is 34.4. The summed E-state index contributed by atoms with van der Waals surface area (Å²) >= 11 is 26.5. The Bertz CT molecular complexity index is 1550. The van der Waals surface area contributed by atoms with Crippen LogP contribution in [0.4, 0.5) is 0 Å². The number of halogens is 5. The number of carbonyl (C=O) groups is 1. The molecule has 2 aromatic heterocycles. The van der Waals surface area contributed by atoms with Gasteiger partial charge in [-0.05, 0) is 17.7 Å². The van der Waals surface area contributed by atoms with Crippen molar-refractivity contribution in [3.8, 4) is 0 Å². The first-order valence-corrected chi connectivity index (χ1v) is 20.1. The number of benzene rings is 3. The molecule has 0 fully saturated rings. The molecular weight excluding hydrogens is 808 g/mol. The third-order valence-corrected chi connectivity index (χ3v) is 15.8. The molecule has 49 heavy (non-hydrogen) atoms. The maximum Gasteiger partial charge on any atom is 1.00 e. The molecule has 0 aliphatic rings.